The summed E-state index contributed by atoms with van der Waals surface area (Å²) in [6, 6.07) is 14.3. The fraction of sp³-hybridized carbons (Fsp3) is 0.238. The van der Waals surface area contributed by atoms with Crippen LogP contribution in [-0.4, -0.2) is 44.3 Å². The normalized spacial score (nSPS) is 11.8. The zero-order valence-corrected chi connectivity index (χ0v) is 17.5. The van der Waals surface area contributed by atoms with Gasteiger partial charge in [-0.25, -0.2) is 4.39 Å². The minimum Gasteiger partial charge on any atom is -0.368 e. The summed E-state index contributed by atoms with van der Waals surface area (Å²) >= 11 is 1.22. The summed E-state index contributed by atoms with van der Waals surface area (Å²) in [4.78, 5) is 25.9. The second kappa shape index (κ2) is 9.53. The molecule has 1 aromatic heterocycles. The van der Waals surface area contributed by atoms with Gasteiger partial charge in [0.15, 0.2) is 5.16 Å². The van der Waals surface area contributed by atoms with Gasteiger partial charge < -0.3 is 15.2 Å². The van der Waals surface area contributed by atoms with E-state index in [0.717, 1.165) is 11.4 Å². The van der Waals surface area contributed by atoms with Gasteiger partial charge in [-0.15, -0.1) is 10.2 Å². The number of nitrogens with zero attached hydrogens (tertiary/aromatic N) is 4. The number of halogens is 1. The van der Waals surface area contributed by atoms with Gasteiger partial charge in [0.25, 0.3) is 0 Å². The van der Waals surface area contributed by atoms with Crippen molar-refractivity contribution in [2.75, 3.05) is 12.8 Å². The average molecular weight is 428 g/mol. The van der Waals surface area contributed by atoms with E-state index in [2.05, 4.69) is 10.2 Å². The van der Waals surface area contributed by atoms with Crippen LogP contribution in [0.4, 0.5) is 4.39 Å². The number of likely N-dealkylation sites (N-methyl/N-ethyl adjacent to an activating group) is 1. The van der Waals surface area contributed by atoms with E-state index in [1.54, 1.807) is 6.07 Å². The number of carbonyl (C=O) groups excluding carboxylic acids is 2. The van der Waals surface area contributed by atoms with Crippen LogP contribution >= 0.6 is 11.8 Å². The van der Waals surface area contributed by atoms with E-state index in [1.807, 2.05) is 41.8 Å². The molecule has 3 rings (SSSR count). The molecule has 1 unspecified atom stereocenters. The first kappa shape index (κ1) is 21.5. The number of aromatic nitrogens is 3. The van der Waals surface area contributed by atoms with Crippen LogP contribution in [0.5, 0.6) is 0 Å². The minimum absolute atomic E-state index is 0.0303. The maximum Gasteiger partial charge on any atom is 0.244 e. The fourth-order valence-electron chi connectivity index (χ4n) is 3.04. The number of hydrogen-bond acceptors (Lipinski definition) is 5. The van der Waals surface area contributed by atoms with Crippen molar-refractivity contribution in [3.63, 3.8) is 0 Å². The molecular weight excluding hydrogens is 405 g/mol. The Morgan fingerprint density at radius 1 is 1.17 bits per heavy atom. The highest BCUT2D eigenvalue weighted by Gasteiger charge is 2.27. The van der Waals surface area contributed by atoms with Crippen LogP contribution in [0.15, 0.2) is 59.8 Å². The van der Waals surface area contributed by atoms with Crippen molar-refractivity contribution in [1.82, 2.24) is 19.7 Å². The molecule has 7 nitrogen and oxygen atoms in total. The smallest absolute Gasteiger partial charge is 0.244 e. The summed E-state index contributed by atoms with van der Waals surface area (Å²) in [5.41, 5.74) is 6.90. The van der Waals surface area contributed by atoms with Gasteiger partial charge in [-0.05, 0) is 30.2 Å². The lowest BCUT2D eigenvalue weighted by atomic mass is 10.0. The van der Waals surface area contributed by atoms with E-state index in [4.69, 9.17) is 5.73 Å². The van der Waals surface area contributed by atoms with Crippen molar-refractivity contribution in [2.24, 2.45) is 5.73 Å². The summed E-state index contributed by atoms with van der Waals surface area (Å²) in [5.74, 6) is -0.803. The maximum atomic E-state index is 13.6. The van der Waals surface area contributed by atoms with Gasteiger partial charge in [-0.3, -0.25) is 9.59 Å². The molecule has 2 aromatic carbocycles. The first-order valence-corrected chi connectivity index (χ1v) is 10.2. The molecule has 30 heavy (non-hydrogen) atoms. The van der Waals surface area contributed by atoms with E-state index in [-0.39, 0.29) is 11.7 Å². The maximum absolute atomic E-state index is 13.6. The molecule has 0 aliphatic rings. The Morgan fingerprint density at radius 2 is 1.90 bits per heavy atom. The Bertz CT molecular complexity index is 1040. The molecule has 1 atom stereocenters. The molecule has 0 saturated carbocycles. The average Bonchev–Trinajstić information content (AvgIpc) is 3.06. The molecule has 9 heteroatoms. The Hall–Kier alpha value is -3.20. The molecule has 0 aliphatic heterocycles. The number of hydrogen-bond donors (Lipinski definition) is 1. The third-order valence-corrected chi connectivity index (χ3v) is 5.58. The van der Waals surface area contributed by atoms with Crippen molar-refractivity contribution in [2.45, 2.75) is 24.7 Å². The summed E-state index contributed by atoms with van der Waals surface area (Å²) in [5, 5.41) is 8.86. The Morgan fingerprint density at radius 3 is 2.57 bits per heavy atom. The Kier molecular flexibility index (Phi) is 6.83. The molecule has 3 aromatic rings. The topological polar surface area (TPSA) is 94.1 Å². The van der Waals surface area contributed by atoms with Crippen LogP contribution in [0.25, 0.3) is 0 Å². The molecule has 156 valence electrons. The first-order chi connectivity index (χ1) is 14.4. The molecule has 0 saturated heterocycles. The van der Waals surface area contributed by atoms with Gasteiger partial charge in [-0.1, -0.05) is 54.2 Å². The fourth-order valence-corrected chi connectivity index (χ4v) is 3.95. The number of benzene rings is 2. The molecule has 0 fully saturated rings. The zero-order valence-electron chi connectivity index (χ0n) is 16.7. The minimum atomic E-state index is -1.06. The number of nitrogens with two attached hydrogens (primary N) is 1. The number of rotatable bonds is 8. The van der Waals surface area contributed by atoms with Crippen molar-refractivity contribution >= 4 is 23.6 Å². The van der Waals surface area contributed by atoms with Crippen LogP contribution in [-0.2, 0) is 16.1 Å². The second-order valence-corrected chi connectivity index (χ2v) is 7.70. The number of primary amides is 1. The van der Waals surface area contributed by atoms with Crippen LogP contribution in [0.3, 0.4) is 0 Å². The van der Waals surface area contributed by atoms with E-state index in [9.17, 15) is 14.0 Å². The first-order valence-electron chi connectivity index (χ1n) is 9.23. The van der Waals surface area contributed by atoms with Gasteiger partial charge in [0.1, 0.15) is 17.7 Å². The van der Waals surface area contributed by atoms with Gasteiger partial charge in [-0.2, -0.15) is 0 Å². The molecule has 2 N–H and O–H groups in total. The predicted molar refractivity (Wildman–Crippen MR) is 112 cm³/mol. The summed E-state index contributed by atoms with van der Waals surface area (Å²) in [7, 11) is 1.48. The standard InChI is InChI=1S/C21H22FN5O2S/c1-14-24-25-21(27(14)12-15-7-4-3-5-8-15)30-13-18(28)26(2)19(20(23)29)16-9-6-10-17(22)11-16/h3-11,19H,12-13H2,1-2H3,(H2,23,29). The van der Waals surface area contributed by atoms with Gasteiger partial charge in [0.2, 0.25) is 11.8 Å². The summed E-state index contributed by atoms with van der Waals surface area (Å²) in [6.45, 7) is 2.43. The molecule has 2 amide bonds. The monoisotopic (exact) mass is 427 g/mol. The van der Waals surface area contributed by atoms with Crippen molar-refractivity contribution in [3.8, 4) is 0 Å². The van der Waals surface area contributed by atoms with Crippen molar-refractivity contribution < 1.29 is 14.0 Å². The van der Waals surface area contributed by atoms with Crippen LogP contribution in [0.2, 0.25) is 0 Å². The third kappa shape index (κ3) is 5.04. The van der Waals surface area contributed by atoms with Gasteiger partial charge in [0.05, 0.1) is 12.3 Å². The molecular formula is C21H22FN5O2S. The van der Waals surface area contributed by atoms with E-state index in [1.165, 1.54) is 41.9 Å². The summed E-state index contributed by atoms with van der Waals surface area (Å²) in [6.07, 6.45) is 0. The number of carbonyl (C=O) groups is 2. The third-order valence-electron chi connectivity index (χ3n) is 4.62. The second-order valence-electron chi connectivity index (χ2n) is 6.75. The van der Waals surface area contributed by atoms with Crippen molar-refractivity contribution in [3.05, 3.63) is 77.4 Å². The zero-order chi connectivity index (χ0) is 21.7. The highest BCUT2D eigenvalue weighted by Crippen LogP contribution is 2.23. The molecule has 0 radical (unpaired) electrons. The predicted octanol–water partition coefficient (Wildman–Crippen LogP) is 2.55. The van der Waals surface area contributed by atoms with E-state index in [0.29, 0.717) is 17.3 Å². The van der Waals surface area contributed by atoms with Crippen LogP contribution in [0, 0.1) is 12.7 Å². The largest absolute Gasteiger partial charge is 0.368 e. The number of aryl methyl sites for hydroxylation is 1. The van der Waals surface area contributed by atoms with E-state index < -0.39 is 17.8 Å². The van der Waals surface area contributed by atoms with E-state index >= 15 is 0 Å². The van der Waals surface area contributed by atoms with Crippen molar-refractivity contribution in [1.29, 1.82) is 0 Å². The van der Waals surface area contributed by atoms with Gasteiger partial charge >= 0.3 is 0 Å². The Labute approximate surface area is 178 Å². The lowest BCUT2D eigenvalue weighted by Crippen LogP contribution is -2.40. The SMILES string of the molecule is Cc1nnc(SCC(=O)N(C)C(C(N)=O)c2cccc(F)c2)n1Cc1ccccc1. The lowest BCUT2D eigenvalue weighted by molar-refractivity contribution is -0.136. The van der Waals surface area contributed by atoms with Crippen LogP contribution in [0.1, 0.15) is 23.0 Å². The summed E-state index contributed by atoms with van der Waals surface area (Å²) < 4.78 is 15.5. The molecule has 1 heterocycles. The molecule has 0 bridgehead atoms. The number of amides is 2. The highest BCUT2D eigenvalue weighted by atomic mass is 32.2. The van der Waals surface area contributed by atoms with Gasteiger partial charge in [0, 0.05) is 7.05 Å². The lowest BCUT2D eigenvalue weighted by Gasteiger charge is -2.26. The number of thioether (sulfide) groups is 1. The quantitative estimate of drug-likeness (QED) is 0.558. The Balaban J connectivity index is 1.71. The molecule has 0 aliphatic carbocycles. The van der Waals surface area contributed by atoms with Crippen LogP contribution < -0.4 is 5.73 Å². The molecule has 0 spiro atoms. The highest BCUT2D eigenvalue weighted by molar-refractivity contribution is 7.99.